The summed E-state index contributed by atoms with van der Waals surface area (Å²) in [5, 5.41) is 11.5. The molecule has 9 heteroatoms. The summed E-state index contributed by atoms with van der Waals surface area (Å²) in [5.74, 6) is 0.791. The SMILES string of the molecule is O=C(NCc1ccco1)[C@@H]1Sc2nnc(-c3ccccc3)n2N[C@H]1c1ccc(F)cc1. The molecule has 5 rings (SSSR count). The molecule has 0 saturated carbocycles. The molecular formula is C22H18FN5O2S. The van der Waals surface area contributed by atoms with Gasteiger partial charge in [-0.1, -0.05) is 54.2 Å². The Balaban J connectivity index is 1.47. The maximum atomic E-state index is 13.5. The van der Waals surface area contributed by atoms with E-state index in [9.17, 15) is 9.18 Å². The number of halogens is 1. The number of carbonyl (C=O) groups excluding carboxylic acids is 1. The first-order chi connectivity index (χ1) is 15.2. The van der Waals surface area contributed by atoms with E-state index >= 15 is 0 Å². The maximum Gasteiger partial charge on any atom is 0.236 e. The van der Waals surface area contributed by atoms with Crippen molar-refractivity contribution in [3.05, 3.63) is 90.1 Å². The Bertz CT molecular complexity index is 1180. The Morgan fingerprint density at radius 2 is 1.90 bits per heavy atom. The molecule has 156 valence electrons. The lowest BCUT2D eigenvalue weighted by molar-refractivity contribution is -0.121. The number of hydrogen-bond acceptors (Lipinski definition) is 6. The highest BCUT2D eigenvalue weighted by atomic mass is 32.2. The van der Waals surface area contributed by atoms with Gasteiger partial charge >= 0.3 is 0 Å². The van der Waals surface area contributed by atoms with E-state index in [4.69, 9.17) is 4.42 Å². The molecule has 0 unspecified atom stereocenters. The number of carbonyl (C=O) groups is 1. The first-order valence-corrected chi connectivity index (χ1v) is 10.6. The fourth-order valence-corrected chi connectivity index (χ4v) is 4.54. The molecule has 0 aliphatic carbocycles. The van der Waals surface area contributed by atoms with Crippen molar-refractivity contribution in [1.82, 2.24) is 20.2 Å². The molecular weight excluding hydrogens is 417 g/mol. The zero-order valence-corrected chi connectivity index (χ0v) is 17.1. The van der Waals surface area contributed by atoms with Crippen molar-refractivity contribution < 1.29 is 13.6 Å². The second kappa shape index (κ2) is 8.27. The Hall–Kier alpha value is -3.59. The van der Waals surface area contributed by atoms with E-state index in [-0.39, 0.29) is 18.3 Å². The summed E-state index contributed by atoms with van der Waals surface area (Å²) in [7, 11) is 0. The van der Waals surface area contributed by atoms with E-state index in [0.29, 0.717) is 16.7 Å². The van der Waals surface area contributed by atoms with E-state index in [2.05, 4.69) is 20.9 Å². The van der Waals surface area contributed by atoms with Crippen molar-refractivity contribution in [2.75, 3.05) is 5.43 Å². The van der Waals surface area contributed by atoms with E-state index in [1.165, 1.54) is 23.9 Å². The van der Waals surface area contributed by atoms with Crippen LogP contribution in [0.25, 0.3) is 11.4 Å². The van der Waals surface area contributed by atoms with Crippen molar-refractivity contribution >= 4 is 17.7 Å². The molecule has 0 saturated heterocycles. The average Bonchev–Trinajstić information content (AvgIpc) is 3.47. The van der Waals surface area contributed by atoms with Gasteiger partial charge in [0.2, 0.25) is 11.1 Å². The molecule has 7 nitrogen and oxygen atoms in total. The topological polar surface area (TPSA) is 85.0 Å². The number of benzene rings is 2. The highest BCUT2D eigenvalue weighted by Gasteiger charge is 2.38. The van der Waals surface area contributed by atoms with Crippen LogP contribution < -0.4 is 10.7 Å². The largest absolute Gasteiger partial charge is 0.467 e. The molecule has 2 N–H and O–H groups in total. The molecule has 1 aliphatic heterocycles. The van der Waals surface area contributed by atoms with Gasteiger partial charge in [-0.2, -0.15) is 0 Å². The van der Waals surface area contributed by atoms with Crippen molar-refractivity contribution in [3.63, 3.8) is 0 Å². The zero-order chi connectivity index (χ0) is 21.2. The first-order valence-electron chi connectivity index (χ1n) is 9.68. The zero-order valence-electron chi connectivity index (χ0n) is 16.2. The Morgan fingerprint density at radius 1 is 1.10 bits per heavy atom. The van der Waals surface area contributed by atoms with E-state index < -0.39 is 11.3 Å². The summed E-state index contributed by atoms with van der Waals surface area (Å²) in [6.07, 6.45) is 1.56. The Kier molecular flexibility index (Phi) is 5.17. The van der Waals surface area contributed by atoms with Gasteiger partial charge in [0.15, 0.2) is 5.82 Å². The van der Waals surface area contributed by atoms with Crippen molar-refractivity contribution in [1.29, 1.82) is 0 Å². The van der Waals surface area contributed by atoms with Crippen LogP contribution in [0.4, 0.5) is 4.39 Å². The van der Waals surface area contributed by atoms with Crippen molar-refractivity contribution in [2.24, 2.45) is 0 Å². The predicted molar refractivity (Wildman–Crippen MR) is 114 cm³/mol. The van der Waals surface area contributed by atoms with Gasteiger partial charge < -0.3 is 15.2 Å². The number of thioether (sulfide) groups is 1. The van der Waals surface area contributed by atoms with Crippen LogP contribution in [-0.4, -0.2) is 26.0 Å². The van der Waals surface area contributed by atoms with Gasteiger partial charge in [-0.05, 0) is 29.8 Å². The molecule has 0 radical (unpaired) electrons. The van der Waals surface area contributed by atoms with E-state index in [1.54, 1.807) is 35.2 Å². The third kappa shape index (κ3) is 3.91. The molecule has 2 atom stereocenters. The minimum atomic E-state index is -0.541. The molecule has 1 aliphatic rings. The number of amides is 1. The summed E-state index contributed by atoms with van der Waals surface area (Å²) in [5.41, 5.74) is 5.05. The average molecular weight is 435 g/mol. The second-order valence-electron chi connectivity index (χ2n) is 7.00. The lowest BCUT2D eigenvalue weighted by Gasteiger charge is -2.33. The normalized spacial score (nSPS) is 17.6. The number of hydrogen-bond donors (Lipinski definition) is 2. The van der Waals surface area contributed by atoms with Crippen LogP contribution in [0.1, 0.15) is 17.4 Å². The van der Waals surface area contributed by atoms with Crippen molar-refractivity contribution in [2.45, 2.75) is 23.0 Å². The number of nitrogens with one attached hydrogen (secondary N) is 2. The van der Waals surface area contributed by atoms with Crippen LogP contribution in [0.15, 0.2) is 82.6 Å². The summed E-state index contributed by atoms with van der Waals surface area (Å²) >= 11 is 1.32. The van der Waals surface area contributed by atoms with Crippen molar-refractivity contribution in [3.8, 4) is 11.4 Å². The van der Waals surface area contributed by atoms with Gasteiger partial charge in [0.05, 0.1) is 18.8 Å². The quantitative estimate of drug-likeness (QED) is 0.497. The third-order valence-electron chi connectivity index (χ3n) is 4.97. The van der Waals surface area contributed by atoms with Crippen LogP contribution >= 0.6 is 11.8 Å². The fraction of sp³-hybridized carbons (Fsp3) is 0.136. The van der Waals surface area contributed by atoms with E-state index in [1.807, 2.05) is 30.3 Å². The van der Waals surface area contributed by atoms with Gasteiger partial charge in [0, 0.05) is 5.56 Å². The molecule has 2 aromatic heterocycles. The first kappa shape index (κ1) is 19.4. The van der Waals surface area contributed by atoms with Crippen LogP contribution in [0, 0.1) is 5.82 Å². The van der Waals surface area contributed by atoms with Crippen LogP contribution in [0.2, 0.25) is 0 Å². The molecule has 1 amide bonds. The number of fused-ring (bicyclic) bond motifs is 1. The summed E-state index contributed by atoms with van der Waals surface area (Å²) in [6.45, 7) is 0.279. The minimum absolute atomic E-state index is 0.182. The predicted octanol–water partition coefficient (Wildman–Crippen LogP) is 3.75. The molecule has 0 fully saturated rings. The lowest BCUT2D eigenvalue weighted by atomic mass is 10.0. The number of nitrogens with zero attached hydrogens (tertiary/aromatic N) is 3. The Morgan fingerprint density at radius 3 is 2.65 bits per heavy atom. The molecule has 2 aromatic carbocycles. The highest BCUT2D eigenvalue weighted by molar-refractivity contribution is 8.00. The smallest absolute Gasteiger partial charge is 0.236 e. The van der Waals surface area contributed by atoms with Gasteiger partial charge in [-0.3, -0.25) is 4.79 Å². The monoisotopic (exact) mass is 435 g/mol. The molecule has 4 aromatic rings. The van der Waals surface area contributed by atoms with Crippen LogP contribution in [0.3, 0.4) is 0 Å². The minimum Gasteiger partial charge on any atom is -0.467 e. The van der Waals surface area contributed by atoms with Gasteiger partial charge in [-0.25, -0.2) is 9.07 Å². The van der Waals surface area contributed by atoms with Gasteiger partial charge in [-0.15, -0.1) is 10.2 Å². The number of furan rings is 1. The number of rotatable bonds is 5. The Labute approximate surface area is 181 Å². The second-order valence-corrected chi connectivity index (χ2v) is 8.11. The van der Waals surface area contributed by atoms with E-state index in [0.717, 1.165) is 11.1 Å². The number of aromatic nitrogens is 3. The summed E-state index contributed by atoms with van der Waals surface area (Å²) in [4.78, 5) is 13.1. The molecule has 0 spiro atoms. The summed E-state index contributed by atoms with van der Waals surface area (Å²) in [6, 6.07) is 18.9. The molecule has 31 heavy (non-hydrogen) atoms. The van der Waals surface area contributed by atoms with Crippen LogP contribution in [-0.2, 0) is 11.3 Å². The molecule has 3 heterocycles. The highest BCUT2D eigenvalue weighted by Crippen LogP contribution is 2.38. The summed E-state index contributed by atoms with van der Waals surface area (Å²) < 4.78 is 20.6. The third-order valence-corrected chi connectivity index (χ3v) is 6.19. The standard InChI is InChI=1S/C22H18FN5O2S/c23-16-10-8-14(9-11-16)18-19(21(29)24-13-17-7-4-12-30-17)31-22-26-25-20(28(22)27-18)15-5-2-1-3-6-15/h1-12,18-19,27H,13H2,(H,24,29)/t18-,19+/m0/s1. The van der Waals surface area contributed by atoms with Gasteiger partial charge in [0.1, 0.15) is 16.8 Å². The van der Waals surface area contributed by atoms with Crippen LogP contribution in [0.5, 0.6) is 0 Å². The molecule has 0 bridgehead atoms. The fourth-order valence-electron chi connectivity index (χ4n) is 3.44. The van der Waals surface area contributed by atoms with Gasteiger partial charge in [0.25, 0.3) is 0 Å². The lowest BCUT2D eigenvalue weighted by Crippen LogP contribution is -2.43. The maximum absolute atomic E-state index is 13.5.